The topological polar surface area (TPSA) is 67.9 Å². The van der Waals surface area contributed by atoms with Crippen molar-refractivity contribution >= 4 is 29.1 Å². The Morgan fingerprint density at radius 3 is 2.69 bits per heavy atom. The molecule has 0 bridgehead atoms. The maximum atomic E-state index is 13.3. The highest BCUT2D eigenvalue weighted by Gasteiger charge is 2.17. The summed E-state index contributed by atoms with van der Waals surface area (Å²) in [5.41, 5.74) is 0.884. The fraction of sp³-hybridized carbons (Fsp3) is 0.222. The van der Waals surface area contributed by atoms with Gasteiger partial charge in [0.2, 0.25) is 12.7 Å². The van der Waals surface area contributed by atoms with Gasteiger partial charge in [-0.25, -0.2) is 4.39 Å². The van der Waals surface area contributed by atoms with Crippen molar-refractivity contribution in [2.75, 3.05) is 24.8 Å². The zero-order chi connectivity index (χ0) is 18.7. The van der Waals surface area contributed by atoms with Crippen LogP contribution >= 0.6 is 11.6 Å². The maximum absolute atomic E-state index is 13.3. The highest BCUT2D eigenvalue weighted by atomic mass is 35.5. The van der Waals surface area contributed by atoms with Crippen molar-refractivity contribution < 1.29 is 23.5 Å². The SMILES string of the molecule is CC(=O)N(CCNC(=O)c1ccc2c(c1)OCO2)c1ccc(F)c(Cl)c1. The van der Waals surface area contributed by atoms with E-state index in [9.17, 15) is 14.0 Å². The summed E-state index contributed by atoms with van der Waals surface area (Å²) in [4.78, 5) is 25.5. The molecule has 8 heteroatoms. The molecule has 0 radical (unpaired) electrons. The van der Waals surface area contributed by atoms with Gasteiger partial charge in [0, 0.05) is 31.3 Å². The molecule has 1 heterocycles. The first-order valence-corrected chi connectivity index (χ1v) is 8.24. The molecule has 1 aliphatic rings. The molecule has 26 heavy (non-hydrogen) atoms. The molecule has 0 aliphatic carbocycles. The number of carbonyl (C=O) groups excluding carboxylic acids is 2. The third-order valence-corrected chi connectivity index (χ3v) is 4.14. The molecule has 0 saturated heterocycles. The van der Waals surface area contributed by atoms with Crippen LogP contribution in [0.3, 0.4) is 0 Å². The van der Waals surface area contributed by atoms with E-state index in [1.807, 2.05) is 0 Å². The molecule has 2 aromatic rings. The first-order chi connectivity index (χ1) is 12.5. The minimum absolute atomic E-state index is 0.0712. The predicted molar refractivity (Wildman–Crippen MR) is 94.3 cm³/mol. The lowest BCUT2D eigenvalue weighted by atomic mass is 10.2. The summed E-state index contributed by atoms with van der Waals surface area (Å²) in [5.74, 6) is 0.00503. The average Bonchev–Trinajstić information content (AvgIpc) is 3.08. The van der Waals surface area contributed by atoms with E-state index >= 15 is 0 Å². The van der Waals surface area contributed by atoms with Crippen molar-refractivity contribution in [1.82, 2.24) is 5.32 Å². The van der Waals surface area contributed by atoms with E-state index in [4.69, 9.17) is 21.1 Å². The Balaban J connectivity index is 1.62. The van der Waals surface area contributed by atoms with E-state index in [0.29, 0.717) is 22.7 Å². The molecular formula is C18H16ClFN2O4. The summed E-state index contributed by atoms with van der Waals surface area (Å²) in [6, 6.07) is 8.92. The molecule has 3 rings (SSSR count). The Morgan fingerprint density at radius 1 is 1.19 bits per heavy atom. The molecule has 0 unspecified atom stereocenters. The lowest BCUT2D eigenvalue weighted by molar-refractivity contribution is -0.116. The number of nitrogens with zero attached hydrogens (tertiary/aromatic N) is 1. The number of fused-ring (bicyclic) bond motifs is 1. The predicted octanol–water partition coefficient (Wildman–Crippen LogP) is 2.99. The highest BCUT2D eigenvalue weighted by Crippen LogP contribution is 2.32. The summed E-state index contributed by atoms with van der Waals surface area (Å²) >= 11 is 5.77. The lowest BCUT2D eigenvalue weighted by Crippen LogP contribution is -2.37. The average molecular weight is 379 g/mol. The van der Waals surface area contributed by atoms with Gasteiger partial charge in [0.1, 0.15) is 5.82 Å². The van der Waals surface area contributed by atoms with Crippen LogP contribution in [-0.2, 0) is 4.79 Å². The first kappa shape index (κ1) is 18.0. The number of halogens is 2. The van der Waals surface area contributed by atoms with Crippen LogP contribution in [0.2, 0.25) is 5.02 Å². The van der Waals surface area contributed by atoms with Crippen molar-refractivity contribution in [2.45, 2.75) is 6.92 Å². The second-order valence-corrected chi connectivity index (χ2v) is 6.00. The van der Waals surface area contributed by atoms with E-state index in [-0.39, 0.29) is 36.7 Å². The van der Waals surface area contributed by atoms with Gasteiger partial charge in [0.25, 0.3) is 5.91 Å². The van der Waals surface area contributed by atoms with Crippen LogP contribution < -0.4 is 19.7 Å². The number of hydrogen-bond acceptors (Lipinski definition) is 4. The van der Waals surface area contributed by atoms with Gasteiger partial charge in [-0.05, 0) is 36.4 Å². The van der Waals surface area contributed by atoms with Crippen LogP contribution in [-0.4, -0.2) is 31.7 Å². The van der Waals surface area contributed by atoms with E-state index in [0.717, 1.165) is 0 Å². The van der Waals surface area contributed by atoms with E-state index < -0.39 is 5.82 Å². The first-order valence-electron chi connectivity index (χ1n) is 7.86. The number of amides is 2. The van der Waals surface area contributed by atoms with Crippen LogP contribution in [0.15, 0.2) is 36.4 Å². The van der Waals surface area contributed by atoms with Gasteiger partial charge in [0.05, 0.1) is 5.02 Å². The summed E-state index contributed by atoms with van der Waals surface area (Å²) in [7, 11) is 0. The summed E-state index contributed by atoms with van der Waals surface area (Å²) < 4.78 is 23.7. The third-order valence-electron chi connectivity index (χ3n) is 3.85. The zero-order valence-electron chi connectivity index (χ0n) is 13.9. The molecule has 6 nitrogen and oxygen atoms in total. The second-order valence-electron chi connectivity index (χ2n) is 5.59. The monoisotopic (exact) mass is 378 g/mol. The number of benzene rings is 2. The van der Waals surface area contributed by atoms with Crippen LogP contribution in [0.4, 0.5) is 10.1 Å². The van der Waals surface area contributed by atoms with Gasteiger partial charge in [-0.3, -0.25) is 9.59 Å². The minimum Gasteiger partial charge on any atom is -0.454 e. The molecule has 0 aromatic heterocycles. The summed E-state index contributed by atoms with van der Waals surface area (Å²) in [5, 5.41) is 2.66. The molecule has 0 saturated carbocycles. The van der Waals surface area contributed by atoms with Crippen LogP contribution in [0.1, 0.15) is 17.3 Å². The van der Waals surface area contributed by atoms with E-state index in [2.05, 4.69) is 5.32 Å². The number of carbonyl (C=O) groups is 2. The second kappa shape index (κ2) is 7.61. The smallest absolute Gasteiger partial charge is 0.251 e. The molecule has 0 fully saturated rings. The molecule has 0 atom stereocenters. The molecule has 1 N–H and O–H groups in total. The number of ether oxygens (including phenoxy) is 2. The van der Waals surface area contributed by atoms with Gasteiger partial charge in [-0.1, -0.05) is 11.6 Å². The fourth-order valence-corrected chi connectivity index (χ4v) is 2.72. The zero-order valence-corrected chi connectivity index (χ0v) is 14.7. The quantitative estimate of drug-likeness (QED) is 0.868. The minimum atomic E-state index is -0.560. The summed E-state index contributed by atoms with van der Waals surface area (Å²) in [6.07, 6.45) is 0. The Kier molecular flexibility index (Phi) is 5.27. The van der Waals surface area contributed by atoms with Crippen LogP contribution in [0.5, 0.6) is 11.5 Å². The van der Waals surface area contributed by atoms with Gasteiger partial charge in [0.15, 0.2) is 11.5 Å². The fourth-order valence-electron chi connectivity index (χ4n) is 2.54. The largest absolute Gasteiger partial charge is 0.454 e. The normalized spacial score (nSPS) is 12.0. The number of nitrogens with one attached hydrogen (secondary N) is 1. The Hall–Kier alpha value is -2.80. The van der Waals surface area contributed by atoms with Gasteiger partial charge < -0.3 is 19.7 Å². The van der Waals surface area contributed by atoms with Gasteiger partial charge >= 0.3 is 0 Å². The van der Waals surface area contributed by atoms with Gasteiger partial charge in [-0.2, -0.15) is 0 Å². The molecule has 1 aliphatic heterocycles. The van der Waals surface area contributed by atoms with Crippen molar-refractivity contribution in [3.05, 3.63) is 52.8 Å². The Labute approximate surface area is 154 Å². The maximum Gasteiger partial charge on any atom is 0.251 e. The van der Waals surface area contributed by atoms with Crippen LogP contribution in [0.25, 0.3) is 0 Å². The highest BCUT2D eigenvalue weighted by molar-refractivity contribution is 6.31. The van der Waals surface area contributed by atoms with Crippen molar-refractivity contribution in [1.29, 1.82) is 0 Å². The number of hydrogen-bond donors (Lipinski definition) is 1. The van der Waals surface area contributed by atoms with Crippen molar-refractivity contribution in [3.8, 4) is 11.5 Å². The number of anilines is 1. The van der Waals surface area contributed by atoms with E-state index in [1.54, 1.807) is 18.2 Å². The van der Waals surface area contributed by atoms with Crippen molar-refractivity contribution in [2.24, 2.45) is 0 Å². The molecule has 2 amide bonds. The standard InChI is InChI=1S/C18H16ClFN2O4/c1-11(23)22(13-3-4-15(20)14(19)9-13)7-6-21-18(24)12-2-5-16-17(8-12)26-10-25-16/h2-5,8-9H,6-7,10H2,1H3,(H,21,24). The number of rotatable bonds is 5. The Bertz CT molecular complexity index is 859. The molecule has 0 spiro atoms. The summed E-state index contributed by atoms with van der Waals surface area (Å²) in [6.45, 7) is 1.95. The third kappa shape index (κ3) is 3.88. The molecule has 136 valence electrons. The van der Waals surface area contributed by atoms with Crippen molar-refractivity contribution in [3.63, 3.8) is 0 Å². The molecule has 2 aromatic carbocycles. The van der Waals surface area contributed by atoms with Crippen LogP contribution in [0, 0.1) is 5.82 Å². The van der Waals surface area contributed by atoms with Gasteiger partial charge in [-0.15, -0.1) is 0 Å². The molecular weight excluding hydrogens is 363 g/mol. The lowest BCUT2D eigenvalue weighted by Gasteiger charge is -2.21. The Morgan fingerprint density at radius 2 is 1.96 bits per heavy atom. The van der Waals surface area contributed by atoms with E-state index in [1.165, 1.54) is 30.0 Å².